The van der Waals surface area contributed by atoms with Crippen LogP contribution in [0.25, 0.3) is 43.7 Å². The lowest BCUT2D eigenvalue weighted by Gasteiger charge is -2.58. The number of hydrogen-bond acceptors (Lipinski definition) is 10. The summed E-state index contributed by atoms with van der Waals surface area (Å²) in [6.45, 7) is 4.52. The van der Waals surface area contributed by atoms with Gasteiger partial charge in [0.05, 0.1) is 42.8 Å². The minimum Gasteiger partial charge on any atom is -0.508 e. The number of anilines is 1. The van der Waals surface area contributed by atoms with Crippen LogP contribution in [-0.2, 0) is 16.5 Å². The summed E-state index contributed by atoms with van der Waals surface area (Å²) >= 11 is 0. The molecule has 0 amide bonds. The third-order valence-electron chi connectivity index (χ3n) is 15.5. The predicted molar refractivity (Wildman–Crippen MR) is 220 cm³/mol. The number of nitrogens with zero attached hydrogens (tertiary/aromatic N) is 7. The highest BCUT2D eigenvalue weighted by molar-refractivity contribution is 6.18. The Morgan fingerprint density at radius 1 is 0.951 bits per heavy atom. The molecule has 5 aromatic rings. The van der Waals surface area contributed by atoms with Gasteiger partial charge in [-0.1, -0.05) is 12.0 Å². The fraction of sp³-hybridized carbons (Fsp3) is 0.543. The Bertz CT molecular complexity index is 2700. The maximum Gasteiger partial charge on any atom is 0.319 e. The number of phenolic OH excluding ortho intramolecular Hbond substituents is 1. The molecule has 11 nitrogen and oxygen atoms in total. The summed E-state index contributed by atoms with van der Waals surface area (Å²) in [6.07, 6.45) is 13.2. The summed E-state index contributed by atoms with van der Waals surface area (Å²) in [4.78, 5) is 16.7. The summed E-state index contributed by atoms with van der Waals surface area (Å²) < 4.78 is 83.2. The Balaban J connectivity index is 0.979. The number of benzene rings is 3. The average Bonchev–Trinajstić information content (AvgIpc) is 3.33. The molecule has 2 aromatic heterocycles. The van der Waals surface area contributed by atoms with E-state index in [9.17, 15) is 5.11 Å². The second kappa shape index (κ2) is 12.9. The maximum atomic E-state index is 18.0. The molecule has 12 rings (SSSR count). The molecule has 3 aromatic carbocycles. The number of phenols is 1. The van der Waals surface area contributed by atoms with Crippen molar-refractivity contribution in [3.8, 4) is 35.2 Å². The number of terminal acetylenes is 1. The summed E-state index contributed by atoms with van der Waals surface area (Å²) in [5.41, 5.74) is -0.760. The van der Waals surface area contributed by atoms with Crippen LogP contribution in [0.5, 0.6) is 11.8 Å². The molecule has 6 heterocycles. The SMILES string of the molecule is C#Cc1c(F)ccc2cc(O)cc(-c3c(F)c4nc(OC[C@]5(CN(C)C6CC7(COC7)C6)CC5(F)F)nc(N5[C@@H]6CC[C@H]5CN(C5CC7(COC7)C5)C6)c4c4cn(C)nc34)c12. The Hall–Kier alpha value is -4.75. The summed E-state index contributed by atoms with van der Waals surface area (Å²) in [6, 6.07) is 6.11. The number of ether oxygens (including phenoxy) is 3. The Morgan fingerprint density at radius 3 is 2.28 bits per heavy atom. The molecule has 0 unspecified atom stereocenters. The molecule has 3 atom stereocenters. The van der Waals surface area contributed by atoms with Crippen molar-refractivity contribution in [3.05, 3.63) is 47.7 Å². The van der Waals surface area contributed by atoms with Gasteiger partial charge in [0.2, 0.25) is 0 Å². The van der Waals surface area contributed by atoms with Crippen molar-refractivity contribution in [2.45, 2.75) is 75.0 Å². The van der Waals surface area contributed by atoms with Crippen molar-refractivity contribution >= 4 is 38.4 Å². The van der Waals surface area contributed by atoms with E-state index in [4.69, 9.17) is 35.7 Å². The minimum atomic E-state index is -2.95. The molecular weight excluding hydrogens is 791 g/mol. The highest BCUT2D eigenvalue weighted by Crippen LogP contribution is 2.62. The Kier molecular flexibility index (Phi) is 8.03. The number of piperazine rings is 1. The zero-order chi connectivity index (χ0) is 41.8. The molecule has 3 aliphatic carbocycles. The number of hydrogen-bond donors (Lipinski definition) is 1. The lowest BCUT2D eigenvalue weighted by molar-refractivity contribution is -0.185. The van der Waals surface area contributed by atoms with E-state index in [1.807, 2.05) is 11.9 Å². The molecule has 4 aliphatic heterocycles. The van der Waals surface area contributed by atoms with Crippen LogP contribution in [0.15, 0.2) is 30.5 Å². The van der Waals surface area contributed by atoms with Gasteiger partial charge in [-0.3, -0.25) is 9.58 Å². The highest BCUT2D eigenvalue weighted by atomic mass is 19.3. The topological polar surface area (TPSA) is 101 Å². The van der Waals surface area contributed by atoms with Crippen LogP contribution in [0, 0.1) is 40.2 Å². The number of fused-ring (bicyclic) bond motifs is 6. The van der Waals surface area contributed by atoms with E-state index < -0.39 is 23.0 Å². The van der Waals surface area contributed by atoms with Crippen LogP contribution >= 0.6 is 0 Å². The zero-order valence-corrected chi connectivity index (χ0v) is 34.2. The molecule has 4 saturated heterocycles. The number of aryl methyl sites for hydroxylation is 1. The molecule has 3 saturated carbocycles. The highest BCUT2D eigenvalue weighted by Gasteiger charge is 2.72. The van der Waals surface area contributed by atoms with Crippen molar-refractivity contribution in [3.63, 3.8) is 0 Å². The van der Waals surface area contributed by atoms with Crippen LogP contribution in [-0.4, -0.2) is 124 Å². The van der Waals surface area contributed by atoms with Gasteiger partial charge in [-0.15, -0.1) is 6.42 Å². The number of aromatic nitrogens is 4. The second-order valence-corrected chi connectivity index (χ2v) is 19.7. The smallest absolute Gasteiger partial charge is 0.319 e. The zero-order valence-electron chi connectivity index (χ0n) is 34.2. The number of aromatic hydroxyl groups is 1. The van der Waals surface area contributed by atoms with Crippen molar-refractivity contribution in [2.75, 3.05) is 64.6 Å². The minimum absolute atomic E-state index is 0.0321. The average molecular weight is 838 g/mol. The first-order chi connectivity index (χ1) is 29.3. The van der Waals surface area contributed by atoms with Crippen molar-refractivity contribution in [1.29, 1.82) is 0 Å². The van der Waals surface area contributed by atoms with Crippen molar-refractivity contribution < 1.29 is 36.9 Å². The summed E-state index contributed by atoms with van der Waals surface area (Å²) in [5, 5.41) is 17.3. The normalized spacial score (nSPS) is 28.3. The first kappa shape index (κ1) is 38.0. The third kappa shape index (κ3) is 5.60. The standard InChI is InChI=1S/C46H47F4N7O4/c1-4-31-34(47)8-5-25-9-30(58)10-32(35(25)31)36-38(48)40-37(33-17-55(3)53-39(33)36)41(57-26-6-7-27(57)16-56(15-26)29-13-44(14-29)22-60-23-44)52-42(51-40)61-24-45(18-46(45,49)50)19-54(2)28-11-43(12-28)20-59-21-43/h1,5,8-10,17,26-29,58H,6-7,11-16,18-24H2,2-3H3/t26-,27+,45-/m1/s1. The van der Waals surface area contributed by atoms with Gasteiger partial charge in [-0.2, -0.15) is 15.1 Å². The van der Waals surface area contributed by atoms with E-state index in [0.717, 1.165) is 78.0 Å². The number of alkyl halides is 2. The Morgan fingerprint density at radius 2 is 1.64 bits per heavy atom. The van der Waals surface area contributed by atoms with Crippen LogP contribution in [0.2, 0.25) is 0 Å². The lowest BCUT2D eigenvalue weighted by atomic mass is 9.63. The molecular formula is C46H47F4N7O4. The van der Waals surface area contributed by atoms with Crippen LogP contribution in [0.1, 0.15) is 50.5 Å². The van der Waals surface area contributed by atoms with Gasteiger partial charge in [0.15, 0.2) is 5.82 Å². The van der Waals surface area contributed by atoms with E-state index >= 15 is 17.6 Å². The molecule has 2 bridgehead atoms. The van der Waals surface area contributed by atoms with Gasteiger partial charge in [0.25, 0.3) is 5.92 Å². The van der Waals surface area contributed by atoms with Gasteiger partial charge in [-0.25, -0.2) is 17.6 Å². The van der Waals surface area contributed by atoms with E-state index in [0.29, 0.717) is 33.4 Å². The first-order valence-electron chi connectivity index (χ1n) is 21.5. The van der Waals surface area contributed by atoms with Gasteiger partial charge in [0, 0.05) is 90.6 Å². The maximum absolute atomic E-state index is 18.0. The van der Waals surface area contributed by atoms with E-state index in [2.05, 4.69) is 15.7 Å². The number of likely N-dealkylation sites (tertiary alicyclic amines) is 1. The van der Waals surface area contributed by atoms with E-state index in [1.54, 1.807) is 17.9 Å². The first-order valence-corrected chi connectivity index (χ1v) is 21.5. The summed E-state index contributed by atoms with van der Waals surface area (Å²) in [5.74, 6) is -1.70. The predicted octanol–water partition coefficient (Wildman–Crippen LogP) is 6.65. The van der Waals surface area contributed by atoms with Gasteiger partial charge in [0.1, 0.15) is 35.0 Å². The second-order valence-electron chi connectivity index (χ2n) is 19.7. The molecule has 61 heavy (non-hydrogen) atoms. The molecule has 0 radical (unpaired) electrons. The molecule has 1 N–H and O–H groups in total. The molecule has 7 aliphatic rings. The van der Waals surface area contributed by atoms with Crippen LogP contribution in [0.3, 0.4) is 0 Å². The van der Waals surface area contributed by atoms with Crippen molar-refractivity contribution in [2.24, 2.45) is 23.3 Å². The fourth-order valence-corrected chi connectivity index (χ4v) is 12.0. The summed E-state index contributed by atoms with van der Waals surface area (Å²) in [7, 11) is 3.63. The molecule has 2 spiro atoms. The van der Waals surface area contributed by atoms with Gasteiger partial charge >= 0.3 is 6.01 Å². The largest absolute Gasteiger partial charge is 0.508 e. The molecule has 15 heteroatoms. The lowest BCUT2D eigenvalue weighted by Crippen LogP contribution is -2.64. The number of rotatable bonds is 9. The third-order valence-corrected chi connectivity index (χ3v) is 15.5. The van der Waals surface area contributed by atoms with E-state index in [-0.39, 0.29) is 88.0 Å². The van der Waals surface area contributed by atoms with Crippen LogP contribution < -0.4 is 9.64 Å². The molecule has 7 fully saturated rings. The Labute approximate surface area is 349 Å². The van der Waals surface area contributed by atoms with E-state index in [1.165, 1.54) is 24.3 Å². The van der Waals surface area contributed by atoms with Gasteiger partial charge < -0.3 is 29.1 Å². The number of halogens is 4. The van der Waals surface area contributed by atoms with Crippen molar-refractivity contribution in [1.82, 2.24) is 29.5 Å². The molecule has 318 valence electrons. The fourth-order valence-electron chi connectivity index (χ4n) is 12.0. The quantitative estimate of drug-likeness (QED) is 0.128. The monoisotopic (exact) mass is 837 g/mol. The van der Waals surface area contributed by atoms with Gasteiger partial charge in [-0.05, 0) is 74.7 Å². The van der Waals surface area contributed by atoms with Crippen LogP contribution in [0.4, 0.5) is 23.4 Å².